The van der Waals surface area contributed by atoms with E-state index in [0.717, 1.165) is 18.3 Å². The van der Waals surface area contributed by atoms with E-state index in [-0.39, 0.29) is 17.7 Å². The zero-order chi connectivity index (χ0) is 14.0. The first-order chi connectivity index (χ1) is 8.88. The summed E-state index contributed by atoms with van der Waals surface area (Å²) in [5.41, 5.74) is -0.645. The van der Waals surface area contributed by atoms with Crippen molar-refractivity contribution >= 4 is 5.97 Å². The van der Waals surface area contributed by atoms with E-state index in [1.54, 1.807) is 0 Å². The van der Waals surface area contributed by atoms with E-state index in [2.05, 4.69) is 5.16 Å². The molecule has 0 aliphatic carbocycles. The monoisotopic (exact) mass is 271 g/mol. The van der Waals surface area contributed by atoms with Gasteiger partial charge in [0.15, 0.2) is 5.76 Å². The SMILES string of the molecule is O=C(O)c1cnoc1Cc1cccc(C(F)(F)F)c1. The number of hydrogen-bond acceptors (Lipinski definition) is 3. The molecule has 0 aliphatic rings. The van der Waals surface area contributed by atoms with Gasteiger partial charge in [-0.3, -0.25) is 0 Å². The standard InChI is InChI=1S/C12H8F3NO3/c13-12(14,15)8-3-1-2-7(4-8)5-10-9(11(17)18)6-16-19-10/h1-4,6H,5H2,(H,17,18). The molecule has 2 aromatic rings. The number of hydrogen-bond donors (Lipinski definition) is 1. The summed E-state index contributed by atoms with van der Waals surface area (Å²) in [5.74, 6) is -1.21. The minimum absolute atomic E-state index is 0.0202. The minimum Gasteiger partial charge on any atom is -0.478 e. The first-order valence-corrected chi connectivity index (χ1v) is 5.21. The zero-order valence-electron chi connectivity index (χ0n) is 9.44. The van der Waals surface area contributed by atoms with Crippen molar-refractivity contribution in [2.75, 3.05) is 0 Å². The lowest BCUT2D eigenvalue weighted by Gasteiger charge is -2.07. The molecular weight excluding hydrogens is 263 g/mol. The number of carbonyl (C=O) groups is 1. The summed E-state index contributed by atoms with van der Waals surface area (Å²) >= 11 is 0. The number of benzene rings is 1. The average molecular weight is 271 g/mol. The molecule has 0 radical (unpaired) electrons. The summed E-state index contributed by atoms with van der Waals surface area (Å²) in [6, 6.07) is 4.62. The van der Waals surface area contributed by atoms with Crippen molar-refractivity contribution in [3.8, 4) is 0 Å². The number of aromatic nitrogens is 1. The smallest absolute Gasteiger partial charge is 0.416 e. The molecule has 1 N–H and O–H groups in total. The predicted octanol–water partition coefficient (Wildman–Crippen LogP) is 2.98. The summed E-state index contributed by atoms with van der Waals surface area (Å²) in [7, 11) is 0. The Balaban J connectivity index is 2.29. The third-order valence-electron chi connectivity index (χ3n) is 2.49. The molecule has 1 aromatic carbocycles. The first-order valence-electron chi connectivity index (χ1n) is 5.21. The molecule has 0 fully saturated rings. The second-order valence-electron chi connectivity index (χ2n) is 3.84. The molecule has 4 nitrogen and oxygen atoms in total. The molecule has 0 unspecified atom stereocenters. The molecule has 19 heavy (non-hydrogen) atoms. The van der Waals surface area contributed by atoms with Gasteiger partial charge in [-0.05, 0) is 11.6 Å². The molecule has 0 aliphatic heterocycles. The molecule has 0 saturated carbocycles. The third kappa shape index (κ3) is 2.93. The van der Waals surface area contributed by atoms with E-state index in [1.165, 1.54) is 12.1 Å². The van der Waals surface area contributed by atoms with Crippen LogP contribution in [0.15, 0.2) is 35.0 Å². The number of nitrogens with zero attached hydrogens (tertiary/aromatic N) is 1. The fraction of sp³-hybridized carbons (Fsp3) is 0.167. The topological polar surface area (TPSA) is 63.3 Å². The van der Waals surface area contributed by atoms with Crippen molar-refractivity contribution in [2.45, 2.75) is 12.6 Å². The van der Waals surface area contributed by atoms with Crippen molar-refractivity contribution in [1.29, 1.82) is 0 Å². The number of alkyl halides is 3. The van der Waals surface area contributed by atoms with Crippen LogP contribution >= 0.6 is 0 Å². The Morgan fingerprint density at radius 2 is 2.11 bits per heavy atom. The number of rotatable bonds is 3. The average Bonchev–Trinajstić information content (AvgIpc) is 2.76. The van der Waals surface area contributed by atoms with Crippen molar-refractivity contribution in [3.63, 3.8) is 0 Å². The van der Waals surface area contributed by atoms with E-state index < -0.39 is 17.7 Å². The Hall–Kier alpha value is -2.31. The maximum atomic E-state index is 12.5. The van der Waals surface area contributed by atoms with Gasteiger partial charge in [0, 0.05) is 6.42 Å². The maximum absolute atomic E-state index is 12.5. The van der Waals surface area contributed by atoms with Crippen LogP contribution in [-0.2, 0) is 12.6 Å². The highest BCUT2D eigenvalue weighted by Crippen LogP contribution is 2.30. The highest BCUT2D eigenvalue weighted by Gasteiger charge is 2.30. The molecule has 1 heterocycles. The molecule has 0 bridgehead atoms. The number of carboxylic acids is 1. The molecule has 100 valence electrons. The normalized spacial score (nSPS) is 11.5. The second kappa shape index (κ2) is 4.75. The lowest BCUT2D eigenvalue weighted by Crippen LogP contribution is -2.06. The van der Waals surface area contributed by atoms with Crippen LogP contribution in [0.3, 0.4) is 0 Å². The summed E-state index contributed by atoms with van der Waals surface area (Å²) in [6.45, 7) is 0. The van der Waals surface area contributed by atoms with Crippen LogP contribution < -0.4 is 0 Å². The Morgan fingerprint density at radius 3 is 2.74 bits per heavy atom. The van der Waals surface area contributed by atoms with Crippen LogP contribution in [0.2, 0.25) is 0 Å². The highest BCUT2D eigenvalue weighted by atomic mass is 19.4. The van der Waals surface area contributed by atoms with Gasteiger partial charge >= 0.3 is 12.1 Å². The van der Waals surface area contributed by atoms with Crippen molar-refractivity contribution in [3.05, 3.63) is 52.9 Å². The van der Waals surface area contributed by atoms with Gasteiger partial charge in [0.1, 0.15) is 5.56 Å². The van der Waals surface area contributed by atoms with Gasteiger partial charge in [-0.1, -0.05) is 23.4 Å². The van der Waals surface area contributed by atoms with E-state index in [9.17, 15) is 18.0 Å². The van der Waals surface area contributed by atoms with Crippen LogP contribution in [-0.4, -0.2) is 16.2 Å². The van der Waals surface area contributed by atoms with Crippen molar-refractivity contribution in [2.24, 2.45) is 0 Å². The summed E-state index contributed by atoms with van der Waals surface area (Å²) in [6.07, 6.45) is -3.48. The highest BCUT2D eigenvalue weighted by molar-refractivity contribution is 5.88. The summed E-state index contributed by atoms with van der Waals surface area (Å²) in [4.78, 5) is 10.8. The Kier molecular flexibility index (Phi) is 3.28. The molecule has 0 amide bonds. The van der Waals surface area contributed by atoms with Crippen molar-refractivity contribution < 1.29 is 27.6 Å². The van der Waals surface area contributed by atoms with E-state index in [1.807, 2.05) is 0 Å². The fourth-order valence-electron chi connectivity index (χ4n) is 1.61. The lowest BCUT2D eigenvalue weighted by atomic mass is 10.0. The number of carboxylic acid groups (broad SMARTS) is 1. The van der Waals surface area contributed by atoms with E-state index in [4.69, 9.17) is 9.63 Å². The quantitative estimate of drug-likeness (QED) is 0.932. The van der Waals surface area contributed by atoms with Gasteiger partial charge in [-0.2, -0.15) is 13.2 Å². The Labute approximate surface area is 105 Å². The summed E-state index contributed by atoms with van der Waals surface area (Å²) < 4.78 is 42.3. The second-order valence-corrected chi connectivity index (χ2v) is 3.84. The maximum Gasteiger partial charge on any atom is 0.416 e. The predicted molar refractivity (Wildman–Crippen MR) is 57.7 cm³/mol. The molecule has 0 saturated heterocycles. The van der Waals surface area contributed by atoms with Gasteiger partial charge in [0.25, 0.3) is 0 Å². The largest absolute Gasteiger partial charge is 0.478 e. The third-order valence-corrected chi connectivity index (χ3v) is 2.49. The molecule has 0 atom stereocenters. The lowest BCUT2D eigenvalue weighted by molar-refractivity contribution is -0.137. The van der Waals surface area contributed by atoms with Crippen LogP contribution in [0.5, 0.6) is 0 Å². The van der Waals surface area contributed by atoms with Gasteiger partial charge in [-0.15, -0.1) is 0 Å². The molecule has 0 spiro atoms. The molecule has 7 heteroatoms. The molecular formula is C12H8F3NO3. The van der Waals surface area contributed by atoms with Crippen LogP contribution in [0.4, 0.5) is 13.2 Å². The van der Waals surface area contributed by atoms with E-state index in [0.29, 0.717) is 5.56 Å². The Morgan fingerprint density at radius 1 is 1.37 bits per heavy atom. The van der Waals surface area contributed by atoms with Gasteiger partial charge in [0.05, 0.1) is 11.8 Å². The molecule has 1 aromatic heterocycles. The first kappa shape index (κ1) is 13.1. The fourth-order valence-corrected chi connectivity index (χ4v) is 1.61. The van der Waals surface area contributed by atoms with Crippen LogP contribution in [0.1, 0.15) is 27.2 Å². The summed E-state index contributed by atoms with van der Waals surface area (Å²) in [5, 5.41) is 12.2. The van der Waals surface area contributed by atoms with Gasteiger partial charge in [0.2, 0.25) is 0 Å². The molecule has 2 rings (SSSR count). The minimum atomic E-state index is -4.44. The van der Waals surface area contributed by atoms with Crippen molar-refractivity contribution in [1.82, 2.24) is 5.16 Å². The zero-order valence-corrected chi connectivity index (χ0v) is 9.44. The van der Waals surface area contributed by atoms with Crippen LogP contribution in [0.25, 0.3) is 0 Å². The Bertz CT molecular complexity index is 604. The number of aromatic carboxylic acids is 1. The van der Waals surface area contributed by atoms with Crippen LogP contribution in [0, 0.1) is 0 Å². The number of halogens is 3. The van der Waals surface area contributed by atoms with Gasteiger partial charge in [-0.25, -0.2) is 4.79 Å². The van der Waals surface area contributed by atoms with E-state index >= 15 is 0 Å². The van der Waals surface area contributed by atoms with Gasteiger partial charge < -0.3 is 9.63 Å².